The predicted molar refractivity (Wildman–Crippen MR) is 49.7 cm³/mol. The molecular formula is C10H12O4. The molecule has 4 heteroatoms. The normalized spacial score (nSPS) is 12.4. The van der Waals surface area contributed by atoms with Gasteiger partial charge < -0.3 is 14.6 Å². The molecule has 0 bridgehead atoms. The molecule has 1 aromatic rings. The van der Waals surface area contributed by atoms with Crippen LogP contribution in [-0.4, -0.2) is 24.5 Å². The third-order valence-corrected chi connectivity index (χ3v) is 1.66. The van der Waals surface area contributed by atoms with Crippen LogP contribution >= 0.6 is 0 Å². The lowest BCUT2D eigenvalue weighted by Crippen LogP contribution is -2.25. The molecule has 0 aromatic heterocycles. The molecule has 1 aromatic carbocycles. The summed E-state index contributed by atoms with van der Waals surface area (Å²) in [4.78, 5) is 10.5. The van der Waals surface area contributed by atoms with Gasteiger partial charge in [-0.15, -0.1) is 0 Å². The highest BCUT2D eigenvalue weighted by Gasteiger charge is 2.16. The molecule has 1 atom stereocenters. The average molecular weight is 196 g/mol. The van der Waals surface area contributed by atoms with E-state index in [0.717, 1.165) is 5.56 Å². The van der Waals surface area contributed by atoms with Gasteiger partial charge in [0, 0.05) is 7.11 Å². The Morgan fingerprint density at radius 2 is 2.07 bits per heavy atom. The van der Waals surface area contributed by atoms with E-state index in [9.17, 15) is 4.79 Å². The van der Waals surface area contributed by atoms with Crippen molar-refractivity contribution in [1.29, 1.82) is 0 Å². The van der Waals surface area contributed by atoms with Crippen molar-refractivity contribution in [3.05, 3.63) is 35.9 Å². The van der Waals surface area contributed by atoms with Gasteiger partial charge in [0.1, 0.15) is 0 Å². The number of hydrogen-bond donors (Lipinski definition) is 1. The lowest BCUT2D eigenvalue weighted by molar-refractivity contribution is -0.185. The van der Waals surface area contributed by atoms with E-state index in [1.54, 1.807) is 0 Å². The van der Waals surface area contributed by atoms with Gasteiger partial charge >= 0.3 is 5.97 Å². The van der Waals surface area contributed by atoms with Gasteiger partial charge in [-0.05, 0) is 5.56 Å². The van der Waals surface area contributed by atoms with E-state index in [4.69, 9.17) is 9.84 Å². The van der Waals surface area contributed by atoms with Gasteiger partial charge in [0.15, 0.2) is 0 Å². The maximum atomic E-state index is 10.5. The zero-order valence-electron chi connectivity index (χ0n) is 7.84. The molecule has 0 aliphatic rings. The molecule has 0 radical (unpaired) electrons. The average Bonchev–Trinajstić information content (AvgIpc) is 2.20. The fraction of sp³-hybridized carbons (Fsp3) is 0.300. The van der Waals surface area contributed by atoms with Gasteiger partial charge in [-0.3, -0.25) is 0 Å². The summed E-state index contributed by atoms with van der Waals surface area (Å²) in [7, 11) is 1.30. The lowest BCUT2D eigenvalue weighted by atomic mass is 10.2. The number of rotatable bonds is 5. The van der Waals surface area contributed by atoms with Crippen LogP contribution in [0.1, 0.15) is 5.56 Å². The van der Waals surface area contributed by atoms with Crippen molar-refractivity contribution < 1.29 is 19.4 Å². The molecule has 0 aliphatic carbocycles. The number of hydrogen-bond acceptors (Lipinski definition) is 3. The van der Waals surface area contributed by atoms with Gasteiger partial charge in [0.25, 0.3) is 6.29 Å². The van der Waals surface area contributed by atoms with Gasteiger partial charge in [-0.1, -0.05) is 30.3 Å². The summed E-state index contributed by atoms with van der Waals surface area (Å²) >= 11 is 0. The van der Waals surface area contributed by atoms with E-state index in [-0.39, 0.29) is 6.61 Å². The Labute approximate surface area is 82.1 Å². The largest absolute Gasteiger partial charge is 0.477 e. The number of carboxylic acids is 1. The molecule has 0 spiro atoms. The standard InChI is InChI=1S/C10H12O4/c1-13-10(9(11)12)14-7-8-5-3-2-4-6-8/h2-6,10H,7H2,1H3,(H,11,12). The molecule has 0 saturated carbocycles. The molecule has 4 nitrogen and oxygen atoms in total. The highest BCUT2D eigenvalue weighted by Crippen LogP contribution is 2.03. The van der Waals surface area contributed by atoms with Gasteiger partial charge in [0.2, 0.25) is 0 Å². The van der Waals surface area contributed by atoms with E-state index in [1.807, 2.05) is 30.3 Å². The third-order valence-electron chi connectivity index (χ3n) is 1.66. The SMILES string of the molecule is COC(OCc1ccccc1)C(=O)O. The molecule has 0 amide bonds. The molecule has 1 unspecified atom stereocenters. The van der Waals surface area contributed by atoms with Crippen LogP contribution in [0.4, 0.5) is 0 Å². The number of aliphatic carboxylic acids is 1. The van der Waals surface area contributed by atoms with Crippen molar-refractivity contribution >= 4 is 5.97 Å². The zero-order chi connectivity index (χ0) is 10.4. The van der Waals surface area contributed by atoms with Crippen LogP contribution in [0.15, 0.2) is 30.3 Å². The predicted octanol–water partition coefficient (Wildman–Crippen LogP) is 1.26. The van der Waals surface area contributed by atoms with Crippen molar-refractivity contribution in [2.24, 2.45) is 0 Å². The van der Waals surface area contributed by atoms with Crippen LogP contribution in [0, 0.1) is 0 Å². The molecule has 1 N–H and O–H groups in total. The van der Waals surface area contributed by atoms with Crippen LogP contribution in [0.3, 0.4) is 0 Å². The third kappa shape index (κ3) is 3.16. The quantitative estimate of drug-likeness (QED) is 0.720. The Morgan fingerprint density at radius 1 is 1.43 bits per heavy atom. The fourth-order valence-electron chi connectivity index (χ4n) is 0.986. The Morgan fingerprint density at radius 3 is 2.57 bits per heavy atom. The van der Waals surface area contributed by atoms with Crippen molar-refractivity contribution in [3.8, 4) is 0 Å². The molecule has 0 aliphatic heterocycles. The van der Waals surface area contributed by atoms with Crippen LogP contribution < -0.4 is 0 Å². The monoisotopic (exact) mass is 196 g/mol. The molecule has 0 fully saturated rings. The van der Waals surface area contributed by atoms with Crippen molar-refractivity contribution in [2.45, 2.75) is 12.9 Å². The lowest BCUT2D eigenvalue weighted by Gasteiger charge is -2.11. The van der Waals surface area contributed by atoms with Crippen molar-refractivity contribution in [3.63, 3.8) is 0 Å². The Balaban J connectivity index is 2.44. The second-order valence-electron chi connectivity index (χ2n) is 2.70. The number of carbonyl (C=O) groups is 1. The number of carboxylic acid groups (broad SMARTS) is 1. The summed E-state index contributed by atoms with van der Waals surface area (Å²) in [6.07, 6.45) is -1.20. The minimum absolute atomic E-state index is 0.228. The maximum Gasteiger partial charge on any atom is 0.361 e. The first-order valence-corrected chi connectivity index (χ1v) is 4.15. The summed E-state index contributed by atoms with van der Waals surface area (Å²) < 4.78 is 9.63. The van der Waals surface area contributed by atoms with Crippen LogP contribution in [-0.2, 0) is 20.9 Å². The first-order chi connectivity index (χ1) is 6.74. The summed E-state index contributed by atoms with van der Waals surface area (Å²) in [6.45, 7) is 0.228. The van der Waals surface area contributed by atoms with Crippen LogP contribution in [0.5, 0.6) is 0 Å². The van der Waals surface area contributed by atoms with Crippen molar-refractivity contribution in [2.75, 3.05) is 7.11 Å². The Kier molecular flexibility index (Phi) is 4.10. The smallest absolute Gasteiger partial charge is 0.361 e. The molecule has 1 rings (SSSR count). The second kappa shape index (κ2) is 5.36. The Hall–Kier alpha value is -1.39. The van der Waals surface area contributed by atoms with E-state index < -0.39 is 12.3 Å². The van der Waals surface area contributed by atoms with Gasteiger partial charge in [0.05, 0.1) is 6.61 Å². The summed E-state index contributed by atoms with van der Waals surface area (Å²) in [5.41, 5.74) is 0.913. The Bertz CT molecular complexity index is 283. The molecule has 76 valence electrons. The van der Waals surface area contributed by atoms with Crippen LogP contribution in [0.2, 0.25) is 0 Å². The molecule has 0 saturated heterocycles. The van der Waals surface area contributed by atoms with E-state index in [0.29, 0.717) is 0 Å². The first kappa shape index (κ1) is 10.7. The second-order valence-corrected chi connectivity index (χ2v) is 2.70. The maximum absolute atomic E-state index is 10.5. The van der Waals surface area contributed by atoms with Gasteiger partial charge in [-0.25, -0.2) is 4.79 Å². The van der Waals surface area contributed by atoms with E-state index in [2.05, 4.69) is 4.74 Å². The minimum atomic E-state index is -1.20. The molecule has 0 heterocycles. The summed E-state index contributed by atoms with van der Waals surface area (Å²) in [6, 6.07) is 9.32. The van der Waals surface area contributed by atoms with Crippen LogP contribution in [0.25, 0.3) is 0 Å². The van der Waals surface area contributed by atoms with Crippen molar-refractivity contribution in [1.82, 2.24) is 0 Å². The number of benzene rings is 1. The van der Waals surface area contributed by atoms with E-state index >= 15 is 0 Å². The molecule has 14 heavy (non-hydrogen) atoms. The topological polar surface area (TPSA) is 55.8 Å². The zero-order valence-corrected chi connectivity index (χ0v) is 7.84. The minimum Gasteiger partial charge on any atom is -0.477 e. The molecular weight excluding hydrogens is 184 g/mol. The highest BCUT2D eigenvalue weighted by molar-refractivity contribution is 5.70. The summed E-state index contributed by atoms with van der Waals surface area (Å²) in [5, 5.41) is 8.60. The highest BCUT2D eigenvalue weighted by atomic mass is 16.7. The van der Waals surface area contributed by atoms with Gasteiger partial charge in [-0.2, -0.15) is 0 Å². The summed E-state index contributed by atoms with van der Waals surface area (Å²) in [5.74, 6) is -1.12. The first-order valence-electron chi connectivity index (χ1n) is 4.15. The number of methoxy groups -OCH3 is 1. The fourth-order valence-corrected chi connectivity index (χ4v) is 0.986. The number of ether oxygens (including phenoxy) is 2. The van der Waals surface area contributed by atoms with E-state index in [1.165, 1.54) is 7.11 Å².